The topological polar surface area (TPSA) is 102 Å². The summed E-state index contributed by atoms with van der Waals surface area (Å²) in [6, 6.07) is 10.4. The van der Waals surface area contributed by atoms with Crippen molar-refractivity contribution in [2.75, 3.05) is 36.8 Å². The minimum atomic E-state index is -0.510. The first-order chi connectivity index (χ1) is 15.5. The molecule has 5 rings (SSSR count). The van der Waals surface area contributed by atoms with Crippen molar-refractivity contribution in [3.63, 3.8) is 0 Å². The molecule has 0 saturated carbocycles. The summed E-state index contributed by atoms with van der Waals surface area (Å²) in [4.78, 5) is 24.5. The van der Waals surface area contributed by atoms with Gasteiger partial charge < -0.3 is 15.6 Å². The molecule has 2 aliphatic rings. The molecule has 1 atom stereocenters. The molecule has 0 radical (unpaired) electrons. The van der Waals surface area contributed by atoms with Crippen LogP contribution in [0.3, 0.4) is 0 Å². The van der Waals surface area contributed by atoms with Crippen LogP contribution >= 0.6 is 0 Å². The van der Waals surface area contributed by atoms with Crippen molar-refractivity contribution >= 4 is 27.9 Å². The third kappa shape index (κ3) is 3.72. The lowest BCUT2D eigenvalue weighted by Gasteiger charge is -2.38. The average Bonchev–Trinajstić information content (AvgIpc) is 3.30. The molecule has 1 fully saturated rings. The summed E-state index contributed by atoms with van der Waals surface area (Å²) in [5.41, 5.74) is 8.33. The van der Waals surface area contributed by atoms with Crippen LogP contribution in [0, 0.1) is 17.1 Å². The summed E-state index contributed by atoms with van der Waals surface area (Å²) in [6.07, 6.45) is 5.69. The molecule has 32 heavy (non-hydrogen) atoms. The number of benzene rings is 1. The van der Waals surface area contributed by atoms with Crippen molar-refractivity contribution in [3.05, 3.63) is 70.0 Å². The van der Waals surface area contributed by atoms with E-state index in [1.54, 1.807) is 12.3 Å². The van der Waals surface area contributed by atoms with Gasteiger partial charge in [-0.2, -0.15) is 5.26 Å². The van der Waals surface area contributed by atoms with E-state index >= 15 is 0 Å². The third-order valence-electron chi connectivity index (χ3n) is 6.39. The number of nitriles is 1. The Morgan fingerprint density at radius 2 is 1.97 bits per heavy atom. The monoisotopic (exact) mass is 430 g/mol. The summed E-state index contributed by atoms with van der Waals surface area (Å²) in [5, 5.41) is 9.79. The summed E-state index contributed by atoms with van der Waals surface area (Å²) >= 11 is 0. The zero-order valence-corrected chi connectivity index (χ0v) is 17.5. The van der Waals surface area contributed by atoms with Gasteiger partial charge >= 0.3 is 0 Å². The number of hydrogen-bond donors (Lipinski definition) is 2. The lowest BCUT2D eigenvalue weighted by Crippen LogP contribution is -2.49. The highest BCUT2D eigenvalue weighted by Crippen LogP contribution is 2.32. The number of aromatic amines is 1. The fourth-order valence-corrected chi connectivity index (χ4v) is 4.67. The van der Waals surface area contributed by atoms with Crippen molar-refractivity contribution in [2.24, 2.45) is 0 Å². The second kappa shape index (κ2) is 8.09. The predicted octanol–water partition coefficient (Wildman–Crippen LogP) is 2.88. The summed E-state index contributed by atoms with van der Waals surface area (Å²) in [6.45, 7) is 3.56. The van der Waals surface area contributed by atoms with Crippen LogP contribution in [-0.4, -0.2) is 47.1 Å². The summed E-state index contributed by atoms with van der Waals surface area (Å²) in [5.74, 6) is 0.387. The van der Waals surface area contributed by atoms with E-state index in [1.807, 2.05) is 12.1 Å². The van der Waals surface area contributed by atoms with Crippen LogP contribution in [0.25, 0.3) is 16.3 Å². The number of halogens is 1. The Morgan fingerprint density at radius 3 is 2.69 bits per heavy atom. The average molecular weight is 430 g/mol. The highest BCUT2D eigenvalue weighted by atomic mass is 19.1. The maximum Gasteiger partial charge on any atom is 0.256 e. The highest BCUT2D eigenvalue weighted by Gasteiger charge is 2.27. The molecule has 162 valence electrons. The van der Waals surface area contributed by atoms with E-state index in [1.165, 1.54) is 12.1 Å². The summed E-state index contributed by atoms with van der Waals surface area (Å²) < 4.78 is 13.6. The van der Waals surface area contributed by atoms with Gasteiger partial charge in [-0.05, 0) is 48.7 Å². The maximum atomic E-state index is 13.6. The number of aromatic nitrogens is 2. The molecule has 1 aliphatic carbocycles. The van der Waals surface area contributed by atoms with Crippen molar-refractivity contribution in [1.82, 2.24) is 14.9 Å². The first kappa shape index (κ1) is 20.2. The van der Waals surface area contributed by atoms with Gasteiger partial charge in [0.1, 0.15) is 17.7 Å². The van der Waals surface area contributed by atoms with Gasteiger partial charge in [-0.1, -0.05) is 6.08 Å². The molecular weight excluding hydrogens is 407 g/mol. The highest BCUT2D eigenvalue weighted by molar-refractivity contribution is 5.94. The van der Waals surface area contributed by atoms with Gasteiger partial charge in [-0.3, -0.25) is 9.69 Å². The Balaban J connectivity index is 1.31. The van der Waals surface area contributed by atoms with E-state index in [0.29, 0.717) is 17.0 Å². The molecule has 3 aromatic rings. The molecule has 1 saturated heterocycles. The number of nitrogens with zero attached hydrogens (tertiary/aromatic N) is 4. The van der Waals surface area contributed by atoms with E-state index in [0.717, 1.165) is 56.1 Å². The number of allylic oxidation sites excluding steroid dienone is 1. The second-order valence-corrected chi connectivity index (χ2v) is 8.31. The Labute approximate surface area is 184 Å². The van der Waals surface area contributed by atoms with Gasteiger partial charge in [0.05, 0.1) is 10.9 Å². The van der Waals surface area contributed by atoms with E-state index in [-0.39, 0.29) is 16.6 Å². The molecular formula is C24H23FN6O. The van der Waals surface area contributed by atoms with Crippen molar-refractivity contribution < 1.29 is 4.39 Å². The number of anilines is 2. The first-order valence-corrected chi connectivity index (χ1v) is 10.7. The smallest absolute Gasteiger partial charge is 0.256 e. The van der Waals surface area contributed by atoms with Gasteiger partial charge in [0.25, 0.3) is 5.56 Å². The number of piperazine rings is 1. The fourth-order valence-electron chi connectivity index (χ4n) is 4.67. The number of pyridine rings is 2. The number of fused-ring (bicyclic) bond motifs is 1. The van der Waals surface area contributed by atoms with Crippen LogP contribution in [-0.2, 0) is 0 Å². The van der Waals surface area contributed by atoms with Crippen molar-refractivity contribution in [2.45, 2.75) is 18.9 Å². The second-order valence-electron chi connectivity index (χ2n) is 8.31. The van der Waals surface area contributed by atoms with Crippen LogP contribution in [0.15, 0.2) is 47.4 Å². The zero-order chi connectivity index (χ0) is 22.2. The number of H-pyrrole nitrogens is 1. The van der Waals surface area contributed by atoms with E-state index in [9.17, 15) is 9.18 Å². The molecule has 1 aromatic carbocycles. The molecule has 8 heteroatoms. The minimum absolute atomic E-state index is 0.272. The van der Waals surface area contributed by atoms with E-state index in [4.69, 9.17) is 11.0 Å². The number of hydrogen-bond acceptors (Lipinski definition) is 6. The maximum absolute atomic E-state index is 13.6. The lowest BCUT2D eigenvalue weighted by molar-refractivity contribution is 0.214. The van der Waals surface area contributed by atoms with Crippen LogP contribution in [0.4, 0.5) is 15.9 Å². The first-order valence-electron chi connectivity index (χ1n) is 10.7. The molecule has 7 nitrogen and oxygen atoms in total. The van der Waals surface area contributed by atoms with Gasteiger partial charge in [-0.25, -0.2) is 9.37 Å². The predicted molar refractivity (Wildman–Crippen MR) is 123 cm³/mol. The van der Waals surface area contributed by atoms with Crippen LogP contribution in [0.2, 0.25) is 0 Å². The SMILES string of the molecule is N#Cc1ccc(N2CCN(C3C=C(c4cc5c(N)cc(F)cc5c(=O)[nH]4)CC3)CC2)nc1. The van der Waals surface area contributed by atoms with Gasteiger partial charge in [-0.15, -0.1) is 0 Å². The molecule has 0 bridgehead atoms. The van der Waals surface area contributed by atoms with Gasteiger partial charge in [0.2, 0.25) is 0 Å². The van der Waals surface area contributed by atoms with E-state index in [2.05, 4.69) is 31.9 Å². The third-order valence-corrected chi connectivity index (χ3v) is 6.39. The van der Waals surface area contributed by atoms with Crippen LogP contribution in [0.5, 0.6) is 0 Å². The quantitative estimate of drug-likeness (QED) is 0.620. The molecule has 1 aliphatic heterocycles. The van der Waals surface area contributed by atoms with E-state index < -0.39 is 5.82 Å². The fraction of sp³-hybridized carbons (Fsp3) is 0.292. The number of rotatable bonds is 3. The molecule has 3 heterocycles. The van der Waals surface area contributed by atoms with Crippen LogP contribution in [0.1, 0.15) is 24.1 Å². The van der Waals surface area contributed by atoms with Gasteiger partial charge in [0, 0.05) is 55.2 Å². The Kier molecular flexibility index (Phi) is 5.11. The zero-order valence-electron chi connectivity index (χ0n) is 17.5. The number of nitrogens with two attached hydrogens (primary N) is 1. The van der Waals surface area contributed by atoms with Crippen molar-refractivity contribution in [3.8, 4) is 6.07 Å². The normalized spacial score (nSPS) is 19.2. The lowest BCUT2D eigenvalue weighted by atomic mass is 10.1. The standard InChI is InChI=1S/C24H23FN6O/c25-17-10-20-19(21(27)11-17)12-22(29-24(20)32)16-2-3-18(9-16)30-5-7-31(8-6-30)23-4-1-15(13-26)14-28-23/h1,4,9-12,14,18H,2-3,5-8,27H2,(H,29,32). The van der Waals surface area contributed by atoms with Crippen molar-refractivity contribution in [1.29, 1.82) is 5.26 Å². The molecule has 0 spiro atoms. The molecule has 0 amide bonds. The molecule has 1 unspecified atom stereocenters. The Hall–Kier alpha value is -3.70. The largest absolute Gasteiger partial charge is 0.398 e. The van der Waals surface area contributed by atoms with Gasteiger partial charge in [0.15, 0.2) is 0 Å². The molecule has 3 N–H and O–H groups in total. The minimum Gasteiger partial charge on any atom is -0.398 e. The number of nitrogen functional groups attached to an aromatic ring is 1. The Morgan fingerprint density at radius 1 is 1.16 bits per heavy atom. The van der Waals surface area contributed by atoms with Crippen LogP contribution < -0.4 is 16.2 Å². The Bertz CT molecular complexity index is 1300. The number of nitrogens with one attached hydrogen (secondary N) is 1. The molecule has 2 aromatic heterocycles. The summed E-state index contributed by atoms with van der Waals surface area (Å²) in [7, 11) is 0.